The van der Waals surface area contributed by atoms with Crippen molar-refractivity contribution in [3.05, 3.63) is 41.5 Å². The molecular weight excluding hydrogens is 282 g/mol. The third-order valence-electron chi connectivity index (χ3n) is 3.50. The number of H-pyrrole nitrogens is 1. The molecule has 1 amide bonds. The van der Waals surface area contributed by atoms with Gasteiger partial charge in [-0.05, 0) is 24.3 Å². The van der Waals surface area contributed by atoms with Crippen LogP contribution in [0.1, 0.15) is 17.1 Å². The Morgan fingerprint density at radius 2 is 2.18 bits per heavy atom. The summed E-state index contributed by atoms with van der Waals surface area (Å²) in [5.41, 5.74) is 3.00. The number of anilines is 1. The Hall–Kier alpha value is -2.60. The van der Waals surface area contributed by atoms with E-state index in [0.29, 0.717) is 24.4 Å². The molecule has 3 rings (SSSR count). The maximum absolute atomic E-state index is 12.1. The second-order valence-corrected chi connectivity index (χ2v) is 4.95. The maximum atomic E-state index is 12.1. The molecular formula is C16H17N3O3. The Kier molecular flexibility index (Phi) is 3.93. The topological polar surface area (TPSA) is 76.2 Å². The summed E-state index contributed by atoms with van der Waals surface area (Å²) in [5.74, 6) is 1.42. The van der Waals surface area contributed by atoms with Gasteiger partial charge in [0.25, 0.3) is 5.91 Å². The number of hydrogen-bond acceptors (Lipinski definition) is 4. The number of nitrogens with one attached hydrogen (secondary N) is 2. The molecule has 0 fully saturated rings. The Labute approximate surface area is 128 Å². The van der Waals surface area contributed by atoms with Gasteiger partial charge in [-0.1, -0.05) is 0 Å². The van der Waals surface area contributed by atoms with Crippen molar-refractivity contribution in [2.24, 2.45) is 0 Å². The van der Waals surface area contributed by atoms with Gasteiger partial charge >= 0.3 is 0 Å². The highest BCUT2D eigenvalue weighted by Crippen LogP contribution is 2.35. The van der Waals surface area contributed by atoms with Crippen molar-refractivity contribution in [2.75, 3.05) is 26.1 Å². The molecule has 2 aromatic rings. The summed E-state index contributed by atoms with van der Waals surface area (Å²) in [6.07, 6.45) is 4.21. The van der Waals surface area contributed by atoms with Gasteiger partial charge in [0.2, 0.25) is 0 Å². The molecule has 2 heterocycles. The van der Waals surface area contributed by atoms with Crippen LogP contribution in [0.3, 0.4) is 0 Å². The van der Waals surface area contributed by atoms with Gasteiger partial charge in [-0.15, -0.1) is 0 Å². The molecule has 0 saturated heterocycles. The molecule has 114 valence electrons. The second kappa shape index (κ2) is 6.03. The van der Waals surface area contributed by atoms with E-state index in [4.69, 9.17) is 9.47 Å². The molecule has 0 unspecified atom stereocenters. The van der Waals surface area contributed by atoms with Crippen molar-refractivity contribution >= 4 is 23.2 Å². The van der Waals surface area contributed by atoms with Crippen molar-refractivity contribution in [3.8, 4) is 5.75 Å². The largest absolute Gasteiger partial charge is 0.497 e. The normalized spacial score (nSPS) is 15.0. The number of amides is 1. The first kappa shape index (κ1) is 14.3. The summed E-state index contributed by atoms with van der Waals surface area (Å²) in [7, 11) is 3.26. The molecule has 0 aliphatic carbocycles. The Morgan fingerprint density at radius 1 is 1.32 bits per heavy atom. The highest BCUT2D eigenvalue weighted by atomic mass is 16.5. The second-order valence-electron chi connectivity index (χ2n) is 4.95. The van der Waals surface area contributed by atoms with Crippen LogP contribution in [-0.2, 0) is 16.0 Å². The number of ether oxygens (including phenoxy) is 2. The van der Waals surface area contributed by atoms with Crippen molar-refractivity contribution in [3.63, 3.8) is 0 Å². The van der Waals surface area contributed by atoms with Gasteiger partial charge in [0.05, 0.1) is 31.2 Å². The monoisotopic (exact) mass is 299 g/mol. The van der Waals surface area contributed by atoms with E-state index in [2.05, 4.69) is 15.3 Å². The molecule has 0 atom stereocenters. The molecule has 0 radical (unpaired) electrons. The number of carbonyl (C=O) groups is 1. The first-order chi connectivity index (χ1) is 10.7. The number of aromatic amines is 1. The quantitative estimate of drug-likeness (QED) is 0.829. The lowest BCUT2D eigenvalue weighted by Gasteiger charge is -2.02. The molecule has 0 bridgehead atoms. The molecule has 0 spiro atoms. The zero-order chi connectivity index (χ0) is 15.5. The fourth-order valence-electron chi connectivity index (χ4n) is 2.37. The summed E-state index contributed by atoms with van der Waals surface area (Å²) in [4.78, 5) is 19.6. The van der Waals surface area contributed by atoms with E-state index >= 15 is 0 Å². The fourth-order valence-corrected chi connectivity index (χ4v) is 2.37. The van der Waals surface area contributed by atoms with Crippen molar-refractivity contribution in [1.82, 2.24) is 9.97 Å². The third kappa shape index (κ3) is 2.73. The van der Waals surface area contributed by atoms with Gasteiger partial charge in [-0.3, -0.25) is 4.79 Å². The van der Waals surface area contributed by atoms with Crippen LogP contribution in [0.15, 0.2) is 24.4 Å². The van der Waals surface area contributed by atoms with Crippen molar-refractivity contribution in [2.45, 2.75) is 6.42 Å². The summed E-state index contributed by atoms with van der Waals surface area (Å²) >= 11 is 0. The summed E-state index contributed by atoms with van der Waals surface area (Å²) in [6, 6.07) is 5.51. The van der Waals surface area contributed by atoms with Crippen molar-refractivity contribution in [1.29, 1.82) is 0 Å². The van der Waals surface area contributed by atoms with E-state index in [-0.39, 0.29) is 5.91 Å². The molecule has 6 heteroatoms. The van der Waals surface area contributed by atoms with Gasteiger partial charge in [-0.25, -0.2) is 4.98 Å². The van der Waals surface area contributed by atoms with E-state index in [1.807, 2.05) is 18.2 Å². The van der Waals surface area contributed by atoms with Crippen LogP contribution in [0, 0.1) is 0 Å². The summed E-state index contributed by atoms with van der Waals surface area (Å²) < 4.78 is 10.2. The predicted octanol–water partition coefficient (Wildman–Crippen LogP) is 2.10. The van der Waals surface area contributed by atoms with Gasteiger partial charge in [0.1, 0.15) is 11.6 Å². The molecule has 22 heavy (non-hydrogen) atoms. The number of aromatic nitrogens is 2. The molecule has 0 saturated carbocycles. The third-order valence-corrected chi connectivity index (χ3v) is 3.50. The van der Waals surface area contributed by atoms with Crippen LogP contribution in [0.25, 0.3) is 11.6 Å². The Bertz CT molecular complexity index is 734. The van der Waals surface area contributed by atoms with Crippen molar-refractivity contribution < 1.29 is 14.3 Å². The highest BCUT2D eigenvalue weighted by Gasteiger charge is 2.24. The number of benzene rings is 1. The van der Waals surface area contributed by atoms with Gasteiger partial charge < -0.3 is 19.8 Å². The van der Waals surface area contributed by atoms with E-state index in [0.717, 1.165) is 22.8 Å². The van der Waals surface area contributed by atoms with E-state index in [1.165, 1.54) is 0 Å². The van der Waals surface area contributed by atoms with Crippen LogP contribution < -0.4 is 10.1 Å². The lowest BCUT2D eigenvalue weighted by Crippen LogP contribution is -2.03. The first-order valence-electron chi connectivity index (χ1n) is 6.95. The number of methoxy groups -OCH3 is 2. The molecule has 1 aromatic heterocycles. The number of fused-ring (bicyclic) bond motifs is 1. The highest BCUT2D eigenvalue weighted by molar-refractivity contribution is 6.34. The molecule has 6 nitrogen and oxygen atoms in total. The number of nitrogens with zero attached hydrogens (tertiary/aromatic N) is 1. The SMILES string of the molecule is COCCc1ncc(C=C2C(=O)Nc3ccc(OC)cc32)[nH]1. The van der Waals surface area contributed by atoms with Crippen LogP contribution >= 0.6 is 0 Å². The minimum atomic E-state index is -0.128. The molecule has 1 aromatic carbocycles. The fraction of sp³-hybridized carbons (Fsp3) is 0.250. The molecule has 2 N–H and O–H groups in total. The van der Waals surface area contributed by atoms with E-state index < -0.39 is 0 Å². The average molecular weight is 299 g/mol. The van der Waals surface area contributed by atoms with E-state index in [1.54, 1.807) is 26.5 Å². The Balaban J connectivity index is 1.91. The Morgan fingerprint density at radius 3 is 2.95 bits per heavy atom. The van der Waals surface area contributed by atoms with Crippen LogP contribution in [0.5, 0.6) is 5.75 Å². The van der Waals surface area contributed by atoms with Crippen LogP contribution in [0.2, 0.25) is 0 Å². The predicted molar refractivity (Wildman–Crippen MR) is 83.7 cm³/mol. The maximum Gasteiger partial charge on any atom is 0.256 e. The minimum absolute atomic E-state index is 0.128. The van der Waals surface area contributed by atoms with Crippen LogP contribution in [-0.4, -0.2) is 36.7 Å². The minimum Gasteiger partial charge on any atom is -0.497 e. The zero-order valence-electron chi connectivity index (χ0n) is 12.5. The number of carbonyl (C=O) groups excluding carboxylic acids is 1. The average Bonchev–Trinajstić information content (AvgIpc) is 3.10. The zero-order valence-corrected chi connectivity index (χ0v) is 12.5. The van der Waals surface area contributed by atoms with Gasteiger partial charge in [0.15, 0.2) is 0 Å². The number of hydrogen-bond donors (Lipinski definition) is 2. The first-order valence-corrected chi connectivity index (χ1v) is 6.95. The molecule has 1 aliphatic heterocycles. The van der Waals surface area contributed by atoms with E-state index in [9.17, 15) is 4.79 Å². The summed E-state index contributed by atoms with van der Waals surface area (Å²) in [6.45, 7) is 0.601. The molecule has 1 aliphatic rings. The lowest BCUT2D eigenvalue weighted by atomic mass is 10.1. The standard InChI is InChI=1S/C16H17N3O3/c1-21-6-5-15-17-9-10(18-15)7-13-12-8-11(22-2)3-4-14(12)19-16(13)20/h3-4,7-9H,5-6H2,1-2H3,(H,17,18)(H,19,20). The van der Waals surface area contributed by atoms with Gasteiger partial charge in [0, 0.05) is 24.8 Å². The smallest absolute Gasteiger partial charge is 0.256 e. The van der Waals surface area contributed by atoms with Crippen LogP contribution in [0.4, 0.5) is 5.69 Å². The lowest BCUT2D eigenvalue weighted by molar-refractivity contribution is -0.110. The number of rotatable bonds is 5. The summed E-state index contributed by atoms with van der Waals surface area (Å²) in [5, 5.41) is 2.84. The van der Waals surface area contributed by atoms with Gasteiger partial charge in [-0.2, -0.15) is 0 Å². The number of imidazole rings is 1.